The molecule has 2 fully saturated rings. The molecule has 1 aromatic rings. The van der Waals surface area contributed by atoms with E-state index in [2.05, 4.69) is 29.0 Å². The molecule has 0 radical (unpaired) electrons. The molecule has 132 valence electrons. The van der Waals surface area contributed by atoms with E-state index < -0.39 is 0 Å². The number of hydrogen-bond acceptors (Lipinski definition) is 3. The van der Waals surface area contributed by atoms with E-state index >= 15 is 0 Å². The van der Waals surface area contributed by atoms with Gasteiger partial charge in [-0.25, -0.2) is 4.98 Å². The average Bonchev–Trinajstić information content (AvgIpc) is 3.18. The number of likely N-dealkylation sites (tertiary alicyclic amines) is 1. The molecule has 5 heteroatoms. The Morgan fingerprint density at radius 1 is 1.17 bits per heavy atom. The molecule has 0 bridgehead atoms. The molecular weight excluding hydrogens is 300 g/mol. The third-order valence-electron chi connectivity index (χ3n) is 6.09. The second-order valence-corrected chi connectivity index (χ2v) is 8.75. The van der Waals surface area contributed by atoms with Crippen molar-refractivity contribution < 1.29 is 4.79 Å². The zero-order valence-corrected chi connectivity index (χ0v) is 15.0. The van der Waals surface area contributed by atoms with E-state index in [1.54, 1.807) is 0 Å². The molecule has 1 aliphatic carbocycles. The lowest BCUT2D eigenvalue weighted by atomic mass is 9.88. The number of fused-ring (bicyclic) bond motifs is 1. The van der Waals surface area contributed by atoms with Crippen LogP contribution in [0, 0.1) is 5.41 Å². The van der Waals surface area contributed by atoms with Crippen molar-refractivity contribution in [1.29, 1.82) is 0 Å². The fraction of sp³-hybridized carbons (Fsp3) is 0.789. The van der Waals surface area contributed by atoms with Crippen LogP contribution in [0.1, 0.15) is 80.3 Å². The second kappa shape index (κ2) is 6.17. The largest absolute Gasteiger partial charge is 0.350 e. The highest BCUT2D eigenvalue weighted by atomic mass is 16.1. The zero-order valence-electron chi connectivity index (χ0n) is 15.0. The van der Waals surface area contributed by atoms with Gasteiger partial charge in [-0.15, -0.1) is 0 Å². The number of aromatic nitrogens is 2. The number of nitrogens with zero attached hydrogens (tertiary/aromatic N) is 2. The summed E-state index contributed by atoms with van der Waals surface area (Å²) in [4.78, 5) is 23.2. The first-order chi connectivity index (χ1) is 11.5. The Kier molecular flexibility index (Phi) is 4.15. The van der Waals surface area contributed by atoms with Crippen molar-refractivity contribution in [2.24, 2.45) is 5.41 Å². The first-order valence-electron chi connectivity index (χ1n) is 9.63. The summed E-state index contributed by atoms with van der Waals surface area (Å²) >= 11 is 0. The molecule has 1 saturated carbocycles. The minimum atomic E-state index is -0.0137. The normalized spacial score (nSPS) is 28.4. The number of amides is 1. The molecule has 3 aliphatic rings. The first kappa shape index (κ1) is 16.1. The van der Waals surface area contributed by atoms with Gasteiger partial charge in [0.1, 0.15) is 11.5 Å². The van der Waals surface area contributed by atoms with Crippen LogP contribution in [0.25, 0.3) is 0 Å². The predicted octanol–water partition coefficient (Wildman–Crippen LogP) is 2.84. The van der Waals surface area contributed by atoms with Crippen molar-refractivity contribution in [3.05, 3.63) is 17.2 Å². The molecule has 1 atom stereocenters. The summed E-state index contributed by atoms with van der Waals surface area (Å²) in [5, 5.41) is 3.02. The molecule has 2 aliphatic heterocycles. The molecule has 3 heterocycles. The molecule has 0 spiro atoms. The summed E-state index contributed by atoms with van der Waals surface area (Å²) in [7, 11) is 0. The zero-order chi connectivity index (χ0) is 16.7. The van der Waals surface area contributed by atoms with Gasteiger partial charge in [-0.05, 0) is 37.6 Å². The summed E-state index contributed by atoms with van der Waals surface area (Å²) in [5.74, 6) is 1.47. The van der Waals surface area contributed by atoms with Gasteiger partial charge in [0.25, 0.3) is 5.91 Å². The van der Waals surface area contributed by atoms with Crippen molar-refractivity contribution in [1.82, 2.24) is 20.2 Å². The number of rotatable bonds is 2. The number of carbonyl (C=O) groups excluding carboxylic acids is 1. The highest BCUT2D eigenvalue weighted by molar-refractivity contribution is 5.94. The average molecular weight is 330 g/mol. The lowest BCUT2D eigenvalue weighted by Gasteiger charge is -2.30. The first-order valence-corrected chi connectivity index (χ1v) is 9.63. The summed E-state index contributed by atoms with van der Waals surface area (Å²) in [5.41, 5.74) is 1.74. The highest BCUT2D eigenvalue weighted by Crippen LogP contribution is 2.33. The van der Waals surface area contributed by atoms with Crippen LogP contribution in [0.15, 0.2) is 0 Å². The van der Waals surface area contributed by atoms with Crippen LogP contribution >= 0.6 is 0 Å². The highest BCUT2D eigenvalue weighted by Gasteiger charge is 2.34. The number of carbonyl (C=O) groups is 1. The second-order valence-electron chi connectivity index (χ2n) is 8.75. The molecule has 1 amide bonds. The lowest BCUT2D eigenvalue weighted by Crippen LogP contribution is -2.34. The smallest absolute Gasteiger partial charge is 0.271 e. The Morgan fingerprint density at radius 2 is 1.96 bits per heavy atom. The van der Waals surface area contributed by atoms with E-state index in [1.807, 2.05) is 0 Å². The van der Waals surface area contributed by atoms with Gasteiger partial charge in [0, 0.05) is 30.7 Å². The molecule has 2 N–H and O–H groups in total. The SMILES string of the molecule is CC1(C)CNC(=O)c2nc(C3CCN(C4CCCCC4)C3)[nH]c2C1. The van der Waals surface area contributed by atoms with Gasteiger partial charge in [-0.2, -0.15) is 0 Å². The van der Waals surface area contributed by atoms with Gasteiger partial charge in [0.05, 0.1) is 0 Å². The molecule has 1 unspecified atom stereocenters. The van der Waals surface area contributed by atoms with Crippen LogP contribution in [0.5, 0.6) is 0 Å². The van der Waals surface area contributed by atoms with E-state index in [4.69, 9.17) is 4.98 Å². The van der Waals surface area contributed by atoms with Gasteiger partial charge in [0.15, 0.2) is 0 Å². The molecule has 4 rings (SSSR count). The number of aromatic amines is 1. The lowest BCUT2D eigenvalue weighted by molar-refractivity contribution is 0.0940. The maximum atomic E-state index is 12.3. The fourth-order valence-corrected chi connectivity index (χ4v) is 4.67. The van der Waals surface area contributed by atoms with Crippen LogP contribution in [0.2, 0.25) is 0 Å². The Morgan fingerprint density at radius 3 is 2.75 bits per heavy atom. The van der Waals surface area contributed by atoms with Crippen molar-refractivity contribution >= 4 is 5.91 Å². The van der Waals surface area contributed by atoms with E-state index in [1.165, 1.54) is 38.6 Å². The molecular formula is C19H30N4O. The fourth-order valence-electron chi connectivity index (χ4n) is 4.67. The van der Waals surface area contributed by atoms with Gasteiger partial charge in [0.2, 0.25) is 0 Å². The minimum absolute atomic E-state index is 0.0137. The minimum Gasteiger partial charge on any atom is -0.350 e. The topological polar surface area (TPSA) is 61.0 Å². The van der Waals surface area contributed by atoms with E-state index in [0.717, 1.165) is 36.9 Å². The van der Waals surface area contributed by atoms with Gasteiger partial charge < -0.3 is 10.3 Å². The summed E-state index contributed by atoms with van der Waals surface area (Å²) in [6.45, 7) is 7.39. The quantitative estimate of drug-likeness (QED) is 0.876. The predicted molar refractivity (Wildman–Crippen MR) is 94.2 cm³/mol. The van der Waals surface area contributed by atoms with Crippen LogP contribution in [0.3, 0.4) is 0 Å². The molecule has 24 heavy (non-hydrogen) atoms. The van der Waals surface area contributed by atoms with Crippen LogP contribution in [0.4, 0.5) is 0 Å². The van der Waals surface area contributed by atoms with Crippen LogP contribution in [-0.4, -0.2) is 46.5 Å². The van der Waals surface area contributed by atoms with E-state index in [0.29, 0.717) is 18.2 Å². The maximum Gasteiger partial charge on any atom is 0.271 e. The Bertz CT molecular complexity index is 615. The monoisotopic (exact) mass is 330 g/mol. The van der Waals surface area contributed by atoms with E-state index in [9.17, 15) is 4.79 Å². The third kappa shape index (κ3) is 3.10. The summed E-state index contributed by atoms with van der Waals surface area (Å²) in [6.07, 6.45) is 8.94. The summed E-state index contributed by atoms with van der Waals surface area (Å²) in [6, 6.07) is 0.777. The molecule has 5 nitrogen and oxygen atoms in total. The molecule has 0 aromatic carbocycles. The standard InChI is InChI=1S/C19H30N4O/c1-19(2)10-15-16(18(24)20-12-19)22-17(21-15)13-8-9-23(11-13)14-6-4-3-5-7-14/h13-14H,3-12H2,1-2H3,(H,20,24)(H,21,22). The van der Waals surface area contributed by atoms with Gasteiger partial charge in [-0.3, -0.25) is 9.69 Å². The van der Waals surface area contributed by atoms with Gasteiger partial charge in [-0.1, -0.05) is 33.1 Å². The number of imidazole rings is 1. The number of nitrogens with one attached hydrogen (secondary N) is 2. The van der Waals surface area contributed by atoms with Gasteiger partial charge >= 0.3 is 0 Å². The van der Waals surface area contributed by atoms with Crippen molar-refractivity contribution in [2.45, 2.75) is 70.8 Å². The van der Waals surface area contributed by atoms with Crippen molar-refractivity contribution in [3.8, 4) is 0 Å². The Balaban J connectivity index is 1.50. The van der Waals surface area contributed by atoms with E-state index in [-0.39, 0.29) is 11.3 Å². The van der Waals surface area contributed by atoms with Crippen molar-refractivity contribution in [2.75, 3.05) is 19.6 Å². The third-order valence-corrected chi connectivity index (χ3v) is 6.09. The van der Waals surface area contributed by atoms with Crippen LogP contribution in [-0.2, 0) is 6.42 Å². The van der Waals surface area contributed by atoms with Crippen LogP contribution < -0.4 is 5.32 Å². The maximum absolute atomic E-state index is 12.3. The number of H-pyrrole nitrogens is 1. The Labute approximate surface area is 144 Å². The summed E-state index contributed by atoms with van der Waals surface area (Å²) < 4.78 is 0. The molecule has 1 saturated heterocycles. The number of hydrogen-bond donors (Lipinski definition) is 2. The van der Waals surface area contributed by atoms with Crippen molar-refractivity contribution in [3.63, 3.8) is 0 Å². The Hall–Kier alpha value is -1.36. The molecule has 1 aromatic heterocycles.